The quantitative estimate of drug-likeness (QED) is 0.0420. The van der Waals surface area contributed by atoms with Crippen molar-refractivity contribution in [1.29, 1.82) is 0 Å². The molecule has 78 heavy (non-hydrogen) atoms. The van der Waals surface area contributed by atoms with Gasteiger partial charge in [-0.1, -0.05) is 405 Å². The minimum Gasteiger partial charge on any atom is -0.394 e. The molecule has 0 aliphatic heterocycles. The molecule has 0 fully saturated rings. The van der Waals surface area contributed by atoms with Gasteiger partial charge in [0, 0.05) is 6.42 Å². The summed E-state index contributed by atoms with van der Waals surface area (Å²) in [5.74, 6) is -0.0197. The van der Waals surface area contributed by atoms with Gasteiger partial charge in [0.2, 0.25) is 5.91 Å². The second kappa shape index (κ2) is 70.4. The predicted molar refractivity (Wildman–Crippen MR) is 350 cm³/mol. The number of aliphatic hydroxyl groups is 2. The molecule has 0 saturated heterocycles. The first-order valence-electron chi connectivity index (χ1n) is 36.9. The van der Waals surface area contributed by atoms with E-state index in [2.05, 4.69) is 31.3 Å². The van der Waals surface area contributed by atoms with Crippen LogP contribution in [-0.4, -0.2) is 34.9 Å². The molecule has 0 aromatic carbocycles. The minimum atomic E-state index is -0.657. The number of allylic oxidation sites excluding steroid dienone is 2. The Labute approximate surface area is 492 Å². The van der Waals surface area contributed by atoms with E-state index in [1.54, 1.807) is 0 Å². The molecule has 0 radical (unpaired) electrons. The molecule has 0 aromatic rings. The van der Waals surface area contributed by atoms with Gasteiger partial charge in [-0.05, 0) is 38.5 Å². The number of hydrogen-bond acceptors (Lipinski definition) is 3. The summed E-state index contributed by atoms with van der Waals surface area (Å²) in [6.45, 7) is 4.41. The molecule has 0 saturated carbocycles. The fraction of sp³-hybridized carbons (Fsp3) is 0.959. The fourth-order valence-corrected chi connectivity index (χ4v) is 12.2. The molecule has 0 bridgehead atoms. The van der Waals surface area contributed by atoms with Gasteiger partial charge >= 0.3 is 0 Å². The third-order valence-electron chi connectivity index (χ3n) is 17.8. The Balaban J connectivity index is 3.34. The molecule has 0 aromatic heterocycles. The molecule has 2 unspecified atom stereocenters. The molecule has 0 aliphatic carbocycles. The second-order valence-electron chi connectivity index (χ2n) is 25.7. The van der Waals surface area contributed by atoms with E-state index in [0.29, 0.717) is 12.8 Å². The van der Waals surface area contributed by atoms with Crippen molar-refractivity contribution in [3.63, 3.8) is 0 Å². The Kier molecular flexibility index (Phi) is 69.6. The van der Waals surface area contributed by atoms with Crippen LogP contribution in [0, 0.1) is 0 Å². The van der Waals surface area contributed by atoms with E-state index < -0.39 is 12.1 Å². The summed E-state index contributed by atoms with van der Waals surface area (Å²) in [5, 5.41) is 23.5. The number of carbonyl (C=O) groups is 1. The van der Waals surface area contributed by atoms with E-state index in [0.717, 1.165) is 25.7 Å². The Hall–Kier alpha value is -0.870. The minimum absolute atomic E-state index is 0.0197. The molecule has 2 atom stereocenters. The van der Waals surface area contributed by atoms with E-state index in [-0.39, 0.29) is 12.5 Å². The van der Waals surface area contributed by atoms with Crippen LogP contribution in [0.25, 0.3) is 0 Å². The van der Waals surface area contributed by atoms with Gasteiger partial charge in [-0.15, -0.1) is 0 Å². The number of nitrogens with one attached hydrogen (secondary N) is 1. The zero-order chi connectivity index (χ0) is 56.2. The number of amides is 1. The van der Waals surface area contributed by atoms with Crippen LogP contribution in [-0.2, 0) is 4.79 Å². The Morgan fingerprint density at radius 3 is 0.705 bits per heavy atom. The third-order valence-corrected chi connectivity index (χ3v) is 17.8. The first kappa shape index (κ1) is 77.1. The number of unbranched alkanes of at least 4 members (excludes halogenated alkanes) is 61. The number of rotatable bonds is 70. The van der Waals surface area contributed by atoms with Crippen molar-refractivity contribution in [2.24, 2.45) is 0 Å². The Morgan fingerprint density at radius 1 is 0.295 bits per heavy atom. The number of hydrogen-bond donors (Lipinski definition) is 3. The van der Waals surface area contributed by atoms with E-state index >= 15 is 0 Å². The summed E-state index contributed by atoms with van der Waals surface area (Å²) in [4.78, 5) is 12.6. The van der Waals surface area contributed by atoms with Gasteiger partial charge in [0.15, 0.2) is 0 Å². The van der Waals surface area contributed by atoms with Crippen LogP contribution in [0.1, 0.15) is 438 Å². The highest BCUT2D eigenvalue weighted by Gasteiger charge is 2.20. The molecule has 0 spiro atoms. The molecule has 0 heterocycles. The largest absolute Gasteiger partial charge is 0.394 e. The number of carbonyl (C=O) groups excluding carboxylic acids is 1. The fourth-order valence-electron chi connectivity index (χ4n) is 12.2. The summed E-state index contributed by atoms with van der Waals surface area (Å²) < 4.78 is 0. The van der Waals surface area contributed by atoms with E-state index in [1.807, 2.05) is 0 Å². The SMILES string of the molecule is CCCCCCCCCC/C=C\CCCCCCCCCCCCCCCCCCCCCCCCCCCCCCCC(=O)NC(CO)C(O)CCCCCCCCCCCCCCCCCCCCCCCCCCC. The van der Waals surface area contributed by atoms with Crippen molar-refractivity contribution < 1.29 is 15.0 Å². The van der Waals surface area contributed by atoms with Gasteiger partial charge in [0.1, 0.15) is 0 Å². The second-order valence-corrected chi connectivity index (χ2v) is 25.7. The first-order chi connectivity index (χ1) is 38.7. The van der Waals surface area contributed by atoms with Gasteiger partial charge in [-0.2, -0.15) is 0 Å². The average molecular weight is 1100 g/mol. The molecule has 4 nitrogen and oxygen atoms in total. The zero-order valence-electron chi connectivity index (χ0n) is 54.0. The lowest BCUT2D eigenvalue weighted by molar-refractivity contribution is -0.123. The molecule has 0 rings (SSSR count). The van der Waals surface area contributed by atoms with Crippen LogP contribution in [0.2, 0.25) is 0 Å². The molecular weight excluding hydrogens is 951 g/mol. The van der Waals surface area contributed by atoms with Crippen LogP contribution in [0.5, 0.6) is 0 Å². The summed E-state index contributed by atoms with van der Waals surface area (Å²) in [5.41, 5.74) is 0. The predicted octanol–water partition coefficient (Wildman–Crippen LogP) is 25.2. The first-order valence-corrected chi connectivity index (χ1v) is 36.9. The van der Waals surface area contributed by atoms with Gasteiger partial charge < -0.3 is 15.5 Å². The molecular formula is C74H147NO3. The monoisotopic (exact) mass is 1100 g/mol. The highest BCUT2D eigenvalue weighted by Crippen LogP contribution is 2.20. The van der Waals surface area contributed by atoms with Gasteiger partial charge in [-0.25, -0.2) is 0 Å². The van der Waals surface area contributed by atoms with Crippen molar-refractivity contribution in [2.45, 2.75) is 450 Å². The van der Waals surface area contributed by atoms with E-state index in [1.165, 1.54) is 385 Å². The molecule has 1 amide bonds. The molecule has 466 valence electrons. The number of aliphatic hydroxyl groups excluding tert-OH is 2. The molecule has 4 heteroatoms. The van der Waals surface area contributed by atoms with E-state index in [9.17, 15) is 15.0 Å². The van der Waals surface area contributed by atoms with Gasteiger partial charge in [0.25, 0.3) is 0 Å². The molecule has 3 N–H and O–H groups in total. The van der Waals surface area contributed by atoms with Crippen molar-refractivity contribution in [3.05, 3.63) is 12.2 Å². The smallest absolute Gasteiger partial charge is 0.220 e. The summed E-state index contributed by atoms with van der Waals surface area (Å²) in [6.07, 6.45) is 94.4. The van der Waals surface area contributed by atoms with E-state index in [4.69, 9.17) is 0 Å². The lowest BCUT2D eigenvalue weighted by atomic mass is 10.0. The van der Waals surface area contributed by atoms with Gasteiger partial charge in [0.05, 0.1) is 18.8 Å². The van der Waals surface area contributed by atoms with Crippen molar-refractivity contribution in [3.8, 4) is 0 Å². The maximum Gasteiger partial charge on any atom is 0.220 e. The maximum absolute atomic E-state index is 12.6. The summed E-state index contributed by atoms with van der Waals surface area (Å²) in [7, 11) is 0. The van der Waals surface area contributed by atoms with Gasteiger partial charge in [-0.3, -0.25) is 4.79 Å². The van der Waals surface area contributed by atoms with Crippen LogP contribution >= 0.6 is 0 Å². The van der Waals surface area contributed by atoms with Crippen LogP contribution in [0.3, 0.4) is 0 Å². The molecule has 0 aliphatic rings. The van der Waals surface area contributed by atoms with Crippen LogP contribution < -0.4 is 5.32 Å². The summed E-state index contributed by atoms with van der Waals surface area (Å²) >= 11 is 0. The van der Waals surface area contributed by atoms with Crippen LogP contribution in [0.4, 0.5) is 0 Å². The highest BCUT2D eigenvalue weighted by molar-refractivity contribution is 5.76. The zero-order valence-corrected chi connectivity index (χ0v) is 54.0. The normalized spacial score (nSPS) is 12.6. The Morgan fingerprint density at radius 2 is 0.487 bits per heavy atom. The average Bonchev–Trinajstić information content (AvgIpc) is 3.44. The maximum atomic E-state index is 12.6. The standard InChI is InChI=1S/C74H147NO3/c1-3-5-7-9-11-13-15-17-19-21-23-25-27-29-30-31-32-33-34-35-36-37-38-39-40-41-42-43-44-46-48-50-52-54-56-58-60-62-64-66-68-70-74(78)75-72(71-76)73(77)69-67-65-63-61-59-57-55-53-51-49-47-45-28-26-24-22-20-18-16-14-12-10-8-6-4-2/h21,23,72-73,76-77H,3-20,22,24-71H2,1-2H3,(H,75,78)/b23-21-. The Bertz CT molecular complexity index is 1110. The lowest BCUT2D eigenvalue weighted by Crippen LogP contribution is -2.45. The topological polar surface area (TPSA) is 69.6 Å². The third kappa shape index (κ3) is 65.9. The highest BCUT2D eigenvalue weighted by atomic mass is 16.3. The summed E-state index contributed by atoms with van der Waals surface area (Å²) in [6, 6.07) is -0.534. The van der Waals surface area contributed by atoms with Crippen molar-refractivity contribution in [2.75, 3.05) is 6.61 Å². The van der Waals surface area contributed by atoms with Crippen molar-refractivity contribution >= 4 is 5.91 Å². The lowest BCUT2D eigenvalue weighted by Gasteiger charge is -2.22. The van der Waals surface area contributed by atoms with Crippen molar-refractivity contribution in [1.82, 2.24) is 5.32 Å². The van der Waals surface area contributed by atoms with Crippen LogP contribution in [0.15, 0.2) is 12.2 Å².